The van der Waals surface area contributed by atoms with E-state index in [9.17, 15) is 4.79 Å². The molecule has 1 atom stereocenters. The Morgan fingerprint density at radius 1 is 1.22 bits per heavy atom. The fraction of sp³-hybridized carbons (Fsp3) is 0.929. The van der Waals surface area contributed by atoms with E-state index in [1.165, 1.54) is 0 Å². The van der Waals surface area contributed by atoms with Gasteiger partial charge in [0.05, 0.1) is 0 Å². The lowest BCUT2D eigenvalue weighted by Crippen LogP contribution is -2.49. The van der Waals surface area contributed by atoms with Gasteiger partial charge in [-0.3, -0.25) is 4.79 Å². The van der Waals surface area contributed by atoms with E-state index >= 15 is 0 Å². The van der Waals surface area contributed by atoms with Crippen molar-refractivity contribution in [2.75, 3.05) is 39.3 Å². The first kappa shape index (κ1) is 15.4. The molecule has 2 N–H and O–H groups in total. The number of nitrogens with zero attached hydrogens (tertiary/aromatic N) is 2. The number of rotatable bonds is 6. The number of nitrogens with two attached hydrogens (primary N) is 1. The summed E-state index contributed by atoms with van der Waals surface area (Å²) >= 11 is 0. The van der Waals surface area contributed by atoms with Gasteiger partial charge in [-0.2, -0.15) is 0 Å². The maximum atomic E-state index is 12.2. The summed E-state index contributed by atoms with van der Waals surface area (Å²) in [5.41, 5.74) is 5.76. The molecule has 1 aliphatic rings. The average Bonchev–Trinajstić information content (AvgIpc) is 2.37. The van der Waals surface area contributed by atoms with Crippen LogP contribution in [0.2, 0.25) is 0 Å². The van der Waals surface area contributed by atoms with Crippen LogP contribution >= 0.6 is 0 Å². The molecule has 1 fully saturated rings. The van der Waals surface area contributed by atoms with Crippen molar-refractivity contribution in [2.45, 2.75) is 33.6 Å². The summed E-state index contributed by atoms with van der Waals surface area (Å²) in [5.74, 6) is 1.26. The first-order chi connectivity index (χ1) is 8.56. The second-order valence-corrected chi connectivity index (χ2v) is 5.75. The van der Waals surface area contributed by atoms with Crippen LogP contribution in [-0.4, -0.2) is 55.0 Å². The quantitative estimate of drug-likeness (QED) is 0.775. The third-order valence-electron chi connectivity index (χ3n) is 3.77. The van der Waals surface area contributed by atoms with Gasteiger partial charge in [-0.25, -0.2) is 0 Å². The van der Waals surface area contributed by atoms with Crippen LogP contribution < -0.4 is 5.73 Å². The van der Waals surface area contributed by atoms with Gasteiger partial charge in [-0.1, -0.05) is 20.8 Å². The Balaban J connectivity index is 2.35. The summed E-state index contributed by atoms with van der Waals surface area (Å²) in [4.78, 5) is 16.6. The highest BCUT2D eigenvalue weighted by atomic mass is 16.2. The van der Waals surface area contributed by atoms with Gasteiger partial charge in [0.25, 0.3) is 0 Å². The largest absolute Gasteiger partial charge is 0.340 e. The molecule has 1 rings (SSSR count). The number of likely N-dealkylation sites (N-methyl/N-ethyl adjacent to an activating group) is 1. The van der Waals surface area contributed by atoms with Crippen molar-refractivity contribution in [3.05, 3.63) is 0 Å². The summed E-state index contributed by atoms with van der Waals surface area (Å²) in [7, 11) is 0. The van der Waals surface area contributed by atoms with Crippen molar-refractivity contribution in [1.29, 1.82) is 0 Å². The van der Waals surface area contributed by atoms with Gasteiger partial charge in [0.2, 0.25) is 5.91 Å². The van der Waals surface area contributed by atoms with Crippen LogP contribution in [0.4, 0.5) is 0 Å². The fourth-order valence-electron chi connectivity index (χ4n) is 2.62. The van der Waals surface area contributed by atoms with Crippen LogP contribution in [0.15, 0.2) is 0 Å². The Labute approximate surface area is 111 Å². The highest BCUT2D eigenvalue weighted by Gasteiger charge is 2.22. The molecular weight excluding hydrogens is 226 g/mol. The predicted octanol–water partition coefficient (Wildman–Crippen LogP) is 1.16. The van der Waals surface area contributed by atoms with Crippen molar-refractivity contribution in [1.82, 2.24) is 9.80 Å². The summed E-state index contributed by atoms with van der Waals surface area (Å²) in [6.07, 6.45) is 1.68. The molecule has 0 radical (unpaired) electrons. The highest BCUT2D eigenvalue weighted by molar-refractivity contribution is 5.76. The second kappa shape index (κ2) is 7.74. The molecule has 1 unspecified atom stereocenters. The summed E-state index contributed by atoms with van der Waals surface area (Å²) in [5, 5.41) is 0. The second-order valence-electron chi connectivity index (χ2n) is 5.75. The number of carbonyl (C=O) groups excluding carboxylic acids is 1. The number of amides is 1. The molecule has 1 amide bonds. The zero-order valence-electron chi connectivity index (χ0n) is 12.2. The maximum absolute atomic E-state index is 12.2. The van der Waals surface area contributed by atoms with E-state index in [1.807, 2.05) is 4.90 Å². The Morgan fingerprint density at radius 2 is 1.83 bits per heavy atom. The Morgan fingerprint density at radius 3 is 2.28 bits per heavy atom. The molecule has 1 saturated heterocycles. The third kappa shape index (κ3) is 4.94. The van der Waals surface area contributed by atoms with Crippen molar-refractivity contribution >= 4 is 5.91 Å². The Hall–Kier alpha value is -0.610. The van der Waals surface area contributed by atoms with Gasteiger partial charge in [0.1, 0.15) is 0 Å². The maximum Gasteiger partial charge on any atom is 0.222 e. The molecule has 0 aromatic carbocycles. The van der Waals surface area contributed by atoms with E-state index < -0.39 is 0 Å². The molecule has 0 spiro atoms. The molecule has 0 saturated carbocycles. The third-order valence-corrected chi connectivity index (χ3v) is 3.77. The van der Waals surface area contributed by atoms with Gasteiger partial charge in [-0.15, -0.1) is 0 Å². The molecular formula is C14H29N3O. The molecule has 0 bridgehead atoms. The van der Waals surface area contributed by atoms with Crippen LogP contribution in [0.3, 0.4) is 0 Å². The number of hydrogen-bond donors (Lipinski definition) is 1. The molecule has 0 aliphatic carbocycles. The molecule has 18 heavy (non-hydrogen) atoms. The van der Waals surface area contributed by atoms with Crippen molar-refractivity contribution in [3.8, 4) is 0 Å². The molecule has 1 heterocycles. The minimum atomic E-state index is 0.293. The van der Waals surface area contributed by atoms with E-state index in [0.29, 0.717) is 30.7 Å². The van der Waals surface area contributed by atoms with Gasteiger partial charge in [0, 0.05) is 32.6 Å². The standard InChI is InChI=1S/C14H29N3O/c1-4-16-5-7-17(8-6-16)14(18)10-13(11-15)9-12(2)3/h12-13H,4-11,15H2,1-3H3. The zero-order valence-corrected chi connectivity index (χ0v) is 12.2. The van der Waals surface area contributed by atoms with Crippen LogP contribution in [0.25, 0.3) is 0 Å². The van der Waals surface area contributed by atoms with Gasteiger partial charge in [0.15, 0.2) is 0 Å². The van der Waals surface area contributed by atoms with Crippen molar-refractivity contribution in [3.63, 3.8) is 0 Å². The van der Waals surface area contributed by atoms with Crippen molar-refractivity contribution < 1.29 is 4.79 Å². The lowest BCUT2D eigenvalue weighted by atomic mass is 9.93. The average molecular weight is 255 g/mol. The van der Waals surface area contributed by atoms with E-state index in [2.05, 4.69) is 25.7 Å². The van der Waals surface area contributed by atoms with Crippen LogP contribution in [0.1, 0.15) is 33.6 Å². The molecule has 106 valence electrons. The molecule has 0 aromatic heterocycles. The monoisotopic (exact) mass is 255 g/mol. The van der Waals surface area contributed by atoms with Crippen LogP contribution in [0, 0.1) is 11.8 Å². The van der Waals surface area contributed by atoms with E-state index in [0.717, 1.165) is 39.1 Å². The van der Waals surface area contributed by atoms with E-state index in [1.54, 1.807) is 0 Å². The van der Waals surface area contributed by atoms with Gasteiger partial charge >= 0.3 is 0 Å². The summed E-state index contributed by atoms with van der Waals surface area (Å²) in [6.45, 7) is 12.0. The van der Waals surface area contributed by atoms with Gasteiger partial charge in [-0.05, 0) is 31.3 Å². The van der Waals surface area contributed by atoms with Crippen molar-refractivity contribution in [2.24, 2.45) is 17.6 Å². The van der Waals surface area contributed by atoms with Crippen LogP contribution in [-0.2, 0) is 4.79 Å². The first-order valence-corrected chi connectivity index (χ1v) is 7.27. The Kier molecular flexibility index (Phi) is 6.65. The first-order valence-electron chi connectivity index (χ1n) is 7.27. The topological polar surface area (TPSA) is 49.6 Å². The summed E-state index contributed by atoms with van der Waals surface area (Å²) < 4.78 is 0. The van der Waals surface area contributed by atoms with E-state index in [-0.39, 0.29) is 0 Å². The SMILES string of the molecule is CCN1CCN(C(=O)CC(CN)CC(C)C)CC1. The normalized spacial score (nSPS) is 19.3. The lowest BCUT2D eigenvalue weighted by Gasteiger charge is -2.34. The molecule has 4 heteroatoms. The number of hydrogen-bond acceptors (Lipinski definition) is 3. The highest BCUT2D eigenvalue weighted by Crippen LogP contribution is 2.16. The Bertz CT molecular complexity index is 247. The number of carbonyl (C=O) groups is 1. The molecule has 0 aromatic rings. The van der Waals surface area contributed by atoms with Crippen LogP contribution in [0.5, 0.6) is 0 Å². The minimum absolute atomic E-state index is 0.293. The van der Waals surface area contributed by atoms with Gasteiger partial charge < -0.3 is 15.5 Å². The number of piperazine rings is 1. The molecule has 4 nitrogen and oxygen atoms in total. The lowest BCUT2D eigenvalue weighted by molar-refractivity contribution is -0.134. The summed E-state index contributed by atoms with van der Waals surface area (Å²) in [6, 6.07) is 0. The van der Waals surface area contributed by atoms with E-state index in [4.69, 9.17) is 5.73 Å². The minimum Gasteiger partial charge on any atom is -0.340 e. The predicted molar refractivity (Wildman–Crippen MR) is 75.3 cm³/mol. The zero-order chi connectivity index (χ0) is 13.5. The fourth-order valence-corrected chi connectivity index (χ4v) is 2.62. The smallest absolute Gasteiger partial charge is 0.222 e. The molecule has 1 aliphatic heterocycles.